The van der Waals surface area contributed by atoms with E-state index in [1.165, 1.54) is 43.4 Å². The fourth-order valence-corrected chi connectivity index (χ4v) is 6.65. The Balaban J connectivity index is 1.28. The molecule has 0 spiro atoms. The highest BCUT2D eigenvalue weighted by atomic mass is 14.2. The SMILES string of the molecule is N#Cc1cccc(-c2ccc(-c3cc4c5ccccc5c(-c5ccc(-c6cccc(C#N)c6)cc5)cc4c4ccccc34)cc2)c1. The quantitative estimate of drug-likeness (QED) is 0.194. The van der Waals surface area contributed by atoms with Crippen LogP contribution in [0.5, 0.6) is 0 Å². The van der Waals surface area contributed by atoms with Crippen molar-refractivity contribution in [2.24, 2.45) is 0 Å². The maximum atomic E-state index is 9.36. The van der Waals surface area contributed by atoms with Crippen molar-refractivity contribution in [2.45, 2.75) is 0 Å². The zero-order valence-corrected chi connectivity index (χ0v) is 24.9. The number of fused-ring (bicyclic) bond motifs is 5. The lowest BCUT2D eigenvalue weighted by atomic mass is 9.87. The van der Waals surface area contributed by atoms with Crippen LogP contribution in [0.25, 0.3) is 76.8 Å². The monoisotopic (exact) mass is 582 g/mol. The van der Waals surface area contributed by atoms with E-state index in [-0.39, 0.29) is 0 Å². The number of nitrogens with zero attached hydrogens (tertiary/aromatic N) is 2. The molecular formula is C44H26N2. The highest BCUT2D eigenvalue weighted by molar-refractivity contribution is 6.23. The molecule has 0 fully saturated rings. The Morgan fingerprint density at radius 2 is 0.652 bits per heavy atom. The van der Waals surface area contributed by atoms with Gasteiger partial charge in [0.25, 0.3) is 0 Å². The minimum atomic E-state index is 0.662. The molecule has 0 aliphatic rings. The average Bonchev–Trinajstić information content (AvgIpc) is 3.14. The summed E-state index contributed by atoms with van der Waals surface area (Å²) in [5.74, 6) is 0. The molecule has 8 aromatic rings. The summed E-state index contributed by atoms with van der Waals surface area (Å²) in [6.45, 7) is 0. The third kappa shape index (κ3) is 4.67. The van der Waals surface area contributed by atoms with Gasteiger partial charge in [-0.1, -0.05) is 121 Å². The summed E-state index contributed by atoms with van der Waals surface area (Å²) < 4.78 is 0. The van der Waals surface area contributed by atoms with Gasteiger partial charge in [0.05, 0.1) is 23.3 Å². The summed E-state index contributed by atoms with van der Waals surface area (Å²) in [6.07, 6.45) is 0. The molecule has 2 nitrogen and oxygen atoms in total. The molecule has 2 heteroatoms. The van der Waals surface area contributed by atoms with Crippen molar-refractivity contribution >= 4 is 32.3 Å². The average molecular weight is 583 g/mol. The summed E-state index contributed by atoms with van der Waals surface area (Å²) in [5.41, 5.74) is 10.3. The van der Waals surface area contributed by atoms with Crippen molar-refractivity contribution in [2.75, 3.05) is 0 Å². The molecule has 0 unspecified atom stereocenters. The van der Waals surface area contributed by atoms with Gasteiger partial charge < -0.3 is 0 Å². The van der Waals surface area contributed by atoms with Gasteiger partial charge in [-0.15, -0.1) is 0 Å². The first-order chi connectivity index (χ1) is 22.7. The van der Waals surface area contributed by atoms with Crippen LogP contribution in [0.15, 0.2) is 158 Å². The van der Waals surface area contributed by atoms with E-state index in [2.05, 4.69) is 121 Å². The summed E-state index contributed by atoms with van der Waals surface area (Å²) >= 11 is 0. The lowest BCUT2D eigenvalue weighted by Gasteiger charge is -2.16. The molecule has 0 aliphatic carbocycles. The second-order valence-electron chi connectivity index (χ2n) is 11.6. The van der Waals surface area contributed by atoms with E-state index >= 15 is 0 Å². The minimum Gasteiger partial charge on any atom is -0.192 e. The topological polar surface area (TPSA) is 47.6 Å². The van der Waals surface area contributed by atoms with Crippen molar-refractivity contribution in [3.8, 4) is 56.6 Å². The Kier molecular flexibility index (Phi) is 6.61. The van der Waals surface area contributed by atoms with Crippen LogP contribution in [0.2, 0.25) is 0 Å². The summed E-state index contributed by atoms with van der Waals surface area (Å²) in [4.78, 5) is 0. The van der Waals surface area contributed by atoms with Crippen LogP contribution in [0.3, 0.4) is 0 Å². The molecule has 212 valence electrons. The summed E-state index contributed by atoms with van der Waals surface area (Å²) in [6, 6.07) is 59.4. The van der Waals surface area contributed by atoms with Crippen molar-refractivity contribution in [1.29, 1.82) is 10.5 Å². The molecule has 0 radical (unpaired) electrons. The van der Waals surface area contributed by atoms with E-state index in [9.17, 15) is 10.5 Å². The normalized spacial score (nSPS) is 11.0. The second-order valence-corrected chi connectivity index (χ2v) is 11.6. The van der Waals surface area contributed by atoms with E-state index in [0.29, 0.717) is 11.1 Å². The number of rotatable bonds is 4. The molecule has 8 rings (SSSR count). The Bertz CT molecular complexity index is 2350. The zero-order chi connectivity index (χ0) is 31.0. The van der Waals surface area contributed by atoms with Crippen molar-refractivity contribution in [3.63, 3.8) is 0 Å². The Hall–Kier alpha value is -6.48. The number of benzene rings is 8. The first-order valence-electron chi connectivity index (χ1n) is 15.3. The predicted octanol–water partition coefficient (Wildman–Crippen LogP) is 11.6. The third-order valence-corrected chi connectivity index (χ3v) is 8.92. The van der Waals surface area contributed by atoms with Crippen LogP contribution >= 0.6 is 0 Å². The van der Waals surface area contributed by atoms with Gasteiger partial charge >= 0.3 is 0 Å². The Morgan fingerprint density at radius 3 is 1.04 bits per heavy atom. The van der Waals surface area contributed by atoms with Crippen LogP contribution in [0.1, 0.15) is 11.1 Å². The molecule has 0 saturated carbocycles. The smallest absolute Gasteiger partial charge is 0.0991 e. The lowest BCUT2D eigenvalue weighted by Crippen LogP contribution is -1.89. The summed E-state index contributed by atoms with van der Waals surface area (Å²) in [5, 5.41) is 26.0. The first kappa shape index (κ1) is 27.1. The molecule has 0 heterocycles. The third-order valence-electron chi connectivity index (χ3n) is 8.92. The van der Waals surface area contributed by atoms with E-state index in [1.807, 2.05) is 48.5 Å². The van der Waals surface area contributed by atoms with Crippen molar-refractivity contribution in [3.05, 3.63) is 169 Å². The van der Waals surface area contributed by atoms with Crippen LogP contribution in [-0.2, 0) is 0 Å². The van der Waals surface area contributed by atoms with E-state index in [1.54, 1.807) is 0 Å². The molecular weight excluding hydrogens is 556 g/mol. The second kappa shape index (κ2) is 11.2. The predicted molar refractivity (Wildman–Crippen MR) is 190 cm³/mol. The van der Waals surface area contributed by atoms with Crippen LogP contribution in [-0.4, -0.2) is 0 Å². The van der Waals surface area contributed by atoms with Crippen LogP contribution in [0, 0.1) is 22.7 Å². The number of hydrogen-bond donors (Lipinski definition) is 0. The fourth-order valence-electron chi connectivity index (χ4n) is 6.65. The Morgan fingerprint density at radius 1 is 0.283 bits per heavy atom. The highest BCUT2D eigenvalue weighted by Gasteiger charge is 2.15. The molecule has 8 aromatic carbocycles. The molecule has 0 aromatic heterocycles. The van der Waals surface area contributed by atoms with Crippen molar-refractivity contribution in [1.82, 2.24) is 0 Å². The molecule has 0 bridgehead atoms. The van der Waals surface area contributed by atoms with E-state index in [0.717, 1.165) is 33.4 Å². The van der Waals surface area contributed by atoms with Crippen molar-refractivity contribution < 1.29 is 0 Å². The van der Waals surface area contributed by atoms with E-state index < -0.39 is 0 Å². The fraction of sp³-hybridized carbons (Fsp3) is 0. The number of hydrogen-bond acceptors (Lipinski definition) is 2. The van der Waals surface area contributed by atoms with Gasteiger partial charge in [-0.25, -0.2) is 0 Å². The van der Waals surface area contributed by atoms with Crippen LogP contribution < -0.4 is 0 Å². The van der Waals surface area contributed by atoms with Gasteiger partial charge in [-0.05, 0) is 113 Å². The minimum absolute atomic E-state index is 0.662. The van der Waals surface area contributed by atoms with Gasteiger partial charge in [-0.3, -0.25) is 0 Å². The van der Waals surface area contributed by atoms with Gasteiger partial charge in [0.15, 0.2) is 0 Å². The maximum absolute atomic E-state index is 9.36. The standard InChI is InChI=1S/C44H26N2/c45-27-29-7-5-9-35(23-29)31-15-19-33(20-16-31)41-25-44-40-14-4-2-12-38(40)42(26-43(44)39-13-3-1-11-37(39)41)34-21-17-32(18-22-34)36-10-6-8-30(24-36)28-46/h1-26H. The molecule has 0 saturated heterocycles. The first-order valence-corrected chi connectivity index (χ1v) is 15.3. The molecule has 46 heavy (non-hydrogen) atoms. The molecule has 0 amide bonds. The van der Waals surface area contributed by atoms with Gasteiger partial charge in [0.2, 0.25) is 0 Å². The largest absolute Gasteiger partial charge is 0.192 e. The number of nitriles is 2. The molecule has 0 aliphatic heterocycles. The molecule has 0 atom stereocenters. The van der Waals surface area contributed by atoms with Gasteiger partial charge in [-0.2, -0.15) is 10.5 Å². The van der Waals surface area contributed by atoms with Crippen LogP contribution in [0.4, 0.5) is 0 Å². The van der Waals surface area contributed by atoms with E-state index in [4.69, 9.17) is 0 Å². The highest BCUT2D eigenvalue weighted by Crippen LogP contribution is 2.42. The zero-order valence-electron chi connectivity index (χ0n) is 24.9. The maximum Gasteiger partial charge on any atom is 0.0991 e. The summed E-state index contributed by atoms with van der Waals surface area (Å²) in [7, 11) is 0. The van der Waals surface area contributed by atoms with Gasteiger partial charge in [0.1, 0.15) is 0 Å². The van der Waals surface area contributed by atoms with Gasteiger partial charge in [0, 0.05) is 0 Å². The Labute approximate surface area is 267 Å². The lowest BCUT2D eigenvalue weighted by molar-refractivity contribution is 1.48. The molecule has 0 N–H and O–H groups in total.